The van der Waals surface area contributed by atoms with Crippen molar-refractivity contribution in [3.05, 3.63) is 29.8 Å². The molecule has 0 unspecified atom stereocenters. The number of hydrogen-bond acceptors (Lipinski definition) is 2. The molecule has 0 heterocycles. The van der Waals surface area contributed by atoms with E-state index in [4.69, 9.17) is 5.11 Å². The zero-order valence-corrected chi connectivity index (χ0v) is 10.6. The first-order chi connectivity index (χ1) is 4.72. The second-order valence-corrected chi connectivity index (χ2v) is 1.80. The van der Waals surface area contributed by atoms with Crippen molar-refractivity contribution in [1.82, 2.24) is 0 Å². The van der Waals surface area contributed by atoms with Gasteiger partial charge < -0.3 is 34.2 Å². The van der Waals surface area contributed by atoms with Crippen LogP contribution in [0.25, 0.3) is 0 Å². The first-order valence-electron chi connectivity index (χ1n) is 2.71. The number of carboxylic acid groups (broad SMARTS) is 1. The van der Waals surface area contributed by atoms with Crippen LogP contribution in [0.4, 0.5) is 0 Å². The Morgan fingerprint density at radius 1 is 1.33 bits per heavy atom. The van der Waals surface area contributed by atoms with Crippen LogP contribution in [-0.2, 0) is 0 Å². The Kier molecular flexibility index (Phi) is 8.23. The SMILES string of the molecule is O=C(O)c1ccccc1[O-].[I-].[Na+]. The third kappa shape index (κ3) is 3.75. The van der Waals surface area contributed by atoms with Crippen LogP contribution in [0.5, 0.6) is 5.75 Å². The van der Waals surface area contributed by atoms with Crippen molar-refractivity contribution in [2.75, 3.05) is 0 Å². The van der Waals surface area contributed by atoms with Crippen LogP contribution in [0.1, 0.15) is 10.4 Å². The van der Waals surface area contributed by atoms with Gasteiger partial charge in [-0.05, 0) is 6.07 Å². The van der Waals surface area contributed by atoms with Gasteiger partial charge in [-0.15, -0.1) is 0 Å². The maximum absolute atomic E-state index is 10.7. The summed E-state index contributed by atoms with van der Waals surface area (Å²) in [6.07, 6.45) is 0. The first kappa shape index (κ1) is 14.7. The van der Waals surface area contributed by atoms with Crippen molar-refractivity contribution in [3.8, 4) is 5.75 Å². The molecule has 1 aromatic carbocycles. The number of hydrogen-bond donors (Lipinski definition) is 1. The Balaban J connectivity index is 0. The van der Waals surface area contributed by atoms with E-state index in [1.54, 1.807) is 0 Å². The van der Waals surface area contributed by atoms with Crippen molar-refractivity contribution in [1.29, 1.82) is 0 Å². The van der Waals surface area contributed by atoms with Gasteiger partial charge in [0.05, 0.1) is 5.56 Å². The summed E-state index contributed by atoms with van der Waals surface area (Å²) in [5.74, 6) is -1.62. The van der Waals surface area contributed by atoms with Gasteiger partial charge in [0.2, 0.25) is 0 Å². The monoisotopic (exact) mass is 287 g/mol. The molecule has 0 radical (unpaired) electrons. The fourth-order valence-corrected chi connectivity index (χ4v) is 0.643. The van der Waals surface area contributed by atoms with Crippen LogP contribution in [0.2, 0.25) is 0 Å². The third-order valence-electron chi connectivity index (χ3n) is 1.12. The summed E-state index contributed by atoms with van der Waals surface area (Å²) < 4.78 is 0. The molecule has 60 valence electrons. The molecule has 0 spiro atoms. The van der Waals surface area contributed by atoms with Crippen molar-refractivity contribution in [2.24, 2.45) is 0 Å². The number of carboxylic acids is 1. The van der Waals surface area contributed by atoms with Crippen LogP contribution in [-0.4, -0.2) is 11.1 Å². The summed E-state index contributed by atoms with van der Waals surface area (Å²) in [6.45, 7) is 0. The van der Waals surface area contributed by atoms with E-state index in [1.807, 2.05) is 0 Å². The molecule has 0 bridgehead atoms. The van der Waals surface area contributed by atoms with E-state index in [0.717, 1.165) is 0 Å². The molecule has 0 amide bonds. The van der Waals surface area contributed by atoms with Crippen molar-refractivity contribution < 1.29 is 68.5 Å². The topological polar surface area (TPSA) is 60.4 Å². The van der Waals surface area contributed by atoms with Crippen LogP contribution in [0.15, 0.2) is 24.3 Å². The van der Waals surface area contributed by atoms with E-state index < -0.39 is 11.7 Å². The van der Waals surface area contributed by atoms with Crippen LogP contribution in [0, 0.1) is 0 Å². The van der Waals surface area contributed by atoms with E-state index in [-0.39, 0.29) is 59.1 Å². The normalized spacial score (nSPS) is 7.67. The van der Waals surface area contributed by atoms with Crippen LogP contribution < -0.4 is 58.6 Å². The molecule has 1 rings (SSSR count). The Morgan fingerprint density at radius 2 is 1.83 bits per heavy atom. The zero-order chi connectivity index (χ0) is 7.56. The summed E-state index contributed by atoms with van der Waals surface area (Å²) in [5.41, 5.74) is -0.178. The molecule has 0 aliphatic rings. The predicted molar refractivity (Wildman–Crippen MR) is 32.8 cm³/mol. The quantitative estimate of drug-likeness (QED) is 0.414. The molecular weight excluding hydrogens is 282 g/mol. The van der Waals surface area contributed by atoms with Crippen molar-refractivity contribution in [2.45, 2.75) is 0 Å². The Hall–Kier alpha value is 0.220. The summed E-state index contributed by atoms with van der Waals surface area (Å²) in [6, 6.07) is 5.54. The Morgan fingerprint density at radius 3 is 2.17 bits per heavy atom. The molecule has 5 heteroatoms. The average Bonchev–Trinajstić information content (AvgIpc) is 1.88. The van der Waals surface area contributed by atoms with Gasteiger partial charge in [-0.25, -0.2) is 4.79 Å². The number of benzene rings is 1. The fourth-order valence-electron chi connectivity index (χ4n) is 0.643. The van der Waals surface area contributed by atoms with Gasteiger partial charge in [0.25, 0.3) is 0 Å². The predicted octanol–water partition coefficient (Wildman–Crippen LogP) is -5.53. The van der Waals surface area contributed by atoms with E-state index in [2.05, 4.69) is 0 Å². The number of rotatable bonds is 1. The van der Waals surface area contributed by atoms with Gasteiger partial charge in [-0.1, -0.05) is 23.9 Å². The van der Waals surface area contributed by atoms with Gasteiger partial charge in [0.15, 0.2) is 0 Å². The summed E-state index contributed by atoms with van der Waals surface area (Å²) >= 11 is 0. The van der Waals surface area contributed by atoms with E-state index >= 15 is 0 Å². The van der Waals surface area contributed by atoms with E-state index in [1.165, 1.54) is 24.3 Å². The zero-order valence-electron chi connectivity index (χ0n) is 6.45. The number of para-hydroxylation sites is 1. The molecule has 0 aliphatic heterocycles. The Bertz CT molecular complexity index is 265. The molecular formula is C7H5INaO3-. The minimum Gasteiger partial charge on any atom is -1.00 e. The van der Waals surface area contributed by atoms with Crippen molar-refractivity contribution >= 4 is 5.97 Å². The molecule has 3 nitrogen and oxygen atoms in total. The maximum Gasteiger partial charge on any atom is 1.00 e. The average molecular weight is 287 g/mol. The summed E-state index contributed by atoms with van der Waals surface area (Å²) in [5, 5.41) is 19.0. The fraction of sp³-hybridized carbons (Fsp3) is 0. The van der Waals surface area contributed by atoms with Gasteiger partial charge in [-0.3, -0.25) is 0 Å². The number of carbonyl (C=O) groups is 1. The van der Waals surface area contributed by atoms with Gasteiger partial charge >= 0.3 is 35.5 Å². The molecule has 0 saturated carbocycles. The van der Waals surface area contributed by atoms with E-state index in [0.29, 0.717) is 0 Å². The second kappa shape index (κ2) is 6.71. The van der Waals surface area contributed by atoms with E-state index in [9.17, 15) is 9.90 Å². The largest absolute Gasteiger partial charge is 1.00 e. The second-order valence-electron chi connectivity index (χ2n) is 1.80. The van der Waals surface area contributed by atoms with Gasteiger partial charge in [0, 0.05) is 0 Å². The molecule has 0 atom stereocenters. The smallest absolute Gasteiger partial charge is 1.00 e. The van der Waals surface area contributed by atoms with Crippen molar-refractivity contribution in [3.63, 3.8) is 0 Å². The standard InChI is InChI=1S/C7H6O3.HI.Na/c8-6-4-2-1-3-5(6)7(9)10;;/h1-4,8H,(H,9,10);1H;/q;;+1/p-2. The summed E-state index contributed by atoms with van der Waals surface area (Å²) in [7, 11) is 0. The molecule has 12 heavy (non-hydrogen) atoms. The molecule has 0 aromatic heterocycles. The maximum atomic E-state index is 10.7. The minimum atomic E-state index is -1.18. The summed E-state index contributed by atoms with van der Waals surface area (Å²) in [4.78, 5) is 10.2. The molecule has 0 fully saturated rings. The van der Waals surface area contributed by atoms with Crippen LogP contribution in [0.3, 0.4) is 0 Å². The van der Waals surface area contributed by atoms with Gasteiger partial charge in [0.1, 0.15) is 0 Å². The number of aromatic carboxylic acids is 1. The number of halogens is 1. The van der Waals surface area contributed by atoms with Crippen LogP contribution >= 0.6 is 0 Å². The molecule has 1 aromatic rings. The first-order valence-corrected chi connectivity index (χ1v) is 2.71. The molecule has 0 saturated heterocycles. The Labute approximate surface area is 109 Å². The molecule has 1 N–H and O–H groups in total. The minimum absolute atomic E-state index is 0. The third-order valence-corrected chi connectivity index (χ3v) is 1.12. The molecule has 0 aliphatic carbocycles. The van der Waals surface area contributed by atoms with Gasteiger partial charge in [-0.2, -0.15) is 0 Å².